The van der Waals surface area contributed by atoms with Crippen LogP contribution in [-0.2, 0) is 60.8 Å². The van der Waals surface area contributed by atoms with E-state index >= 15 is 0 Å². The first-order valence-corrected chi connectivity index (χ1v) is 23.7. The molecule has 1 saturated heterocycles. The van der Waals surface area contributed by atoms with Crippen molar-refractivity contribution < 1.29 is 63.3 Å². The van der Waals surface area contributed by atoms with E-state index in [1.165, 1.54) is 4.90 Å². The van der Waals surface area contributed by atoms with E-state index in [0.29, 0.717) is 24.0 Å². The number of nitrogens with zero attached hydrogens (tertiary/aromatic N) is 1. The topological polar surface area (TPSA) is 333 Å². The van der Waals surface area contributed by atoms with Gasteiger partial charge in [-0.05, 0) is 54.6 Å². The molecule has 21 heteroatoms. The molecule has 0 aromatic heterocycles. The third-order valence-electron chi connectivity index (χ3n) is 12.2. The molecule has 384 valence electrons. The van der Waals surface area contributed by atoms with E-state index in [9.17, 15) is 58.2 Å². The fourth-order valence-corrected chi connectivity index (χ4v) is 7.84. The van der Waals surface area contributed by atoms with Gasteiger partial charge >= 0.3 is 17.9 Å². The van der Waals surface area contributed by atoms with Gasteiger partial charge in [-0.2, -0.15) is 0 Å². The summed E-state index contributed by atoms with van der Waals surface area (Å²) in [6.45, 7) is 10.3. The molecule has 3 rings (SSSR count). The van der Waals surface area contributed by atoms with Crippen molar-refractivity contribution in [2.75, 3.05) is 6.54 Å². The Morgan fingerprint density at radius 2 is 1.00 bits per heavy atom. The number of hydrogen-bond acceptors (Lipinski definition) is 11. The lowest BCUT2D eigenvalue weighted by atomic mass is 9.96. The minimum absolute atomic E-state index is 0.0822. The lowest BCUT2D eigenvalue weighted by Crippen LogP contribution is -2.62. The highest BCUT2D eigenvalue weighted by atomic mass is 16.4. The predicted octanol–water partition coefficient (Wildman–Crippen LogP) is 0.871. The quantitative estimate of drug-likeness (QED) is 0.0566. The van der Waals surface area contributed by atoms with E-state index in [2.05, 4.69) is 31.9 Å². The first-order chi connectivity index (χ1) is 33.0. The van der Waals surface area contributed by atoms with Crippen molar-refractivity contribution >= 4 is 59.3 Å². The maximum atomic E-state index is 14.5. The van der Waals surface area contributed by atoms with Gasteiger partial charge in [-0.1, -0.05) is 109 Å². The maximum absolute atomic E-state index is 14.5. The second-order valence-corrected chi connectivity index (χ2v) is 18.4. The van der Waals surface area contributed by atoms with Crippen molar-refractivity contribution in [2.45, 2.75) is 148 Å². The van der Waals surface area contributed by atoms with Crippen LogP contribution in [0.3, 0.4) is 0 Å². The number of benzene rings is 2. The minimum Gasteiger partial charge on any atom is -0.481 e. The number of carbonyl (C=O) groups is 10. The number of rotatable bonds is 28. The molecule has 1 aliphatic heterocycles. The highest BCUT2D eigenvalue weighted by Crippen LogP contribution is 2.21. The molecule has 0 radical (unpaired) electrons. The van der Waals surface area contributed by atoms with Crippen molar-refractivity contribution in [1.82, 2.24) is 36.8 Å². The zero-order valence-electron chi connectivity index (χ0n) is 40.6. The van der Waals surface area contributed by atoms with E-state index in [4.69, 9.17) is 10.8 Å². The number of carboxylic acids is 3. The Bertz CT molecular complexity index is 2140. The molecule has 9 atom stereocenters. The van der Waals surface area contributed by atoms with Crippen molar-refractivity contribution in [1.29, 1.82) is 0 Å². The van der Waals surface area contributed by atoms with Crippen LogP contribution in [0.4, 0.5) is 0 Å². The van der Waals surface area contributed by atoms with E-state index in [1.54, 1.807) is 102 Å². The van der Waals surface area contributed by atoms with E-state index in [1.807, 2.05) is 0 Å². The molecule has 0 saturated carbocycles. The molecule has 2 aromatic rings. The summed E-state index contributed by atoms with van der Waals surface area (Å²) in [6, 6.07) is 6.82. The summed E-state index contributed by atoms with van der Waals surface area (Å²) in [6.07, 6.45) is -0.713. The molecule has 0 spiro atoms. The van der Waals surface area contributed by atoms with Crippen molar-refractivity contribution in [3.8, 4) is 0 Å². The van der Waals surface area contributed by atoms with Crippen LogP contribution in [0, 0.1) is 17.8 Å². The molecule has 1 heterocycles. The second kappa shape index (κ2) is 27.9. The van der Waals surface area contributed by atoms with Gasteiger partial charge in [0.25, 0.3) is 0 Å². The molecule has 0 aliphatic carbocycles. The Morgan fingerprint density at radius 3 is 1.47 bits per heavy atom. The number of nitrogens with one attached hydrogen (secondary N) is 6. The summed E-state index contributed by atoms with van der Waals surface area (Å²) in [5.74, 6) is -10.8. The smallest absolute Gasteiger partial charge is 0.326 e. The van der Waals surface area contributed by atoms with Crippen LogP contribution in [-0.4, -0.2) is 134 Å². The van der Waals surface area contributed by atoms with E-state index in [0.717, 1.165) is 0 Å². The molecule has 1 aliphatic rings. The number of aliphatic carboxylic acids is 3. The van der Waals surface area contributed by atoms with Gasteiger partial charge in [0, 0.05) is 32.2 Å². The summed E-state index contributed by atoms with van der Waals surface area (Å²) in [5.41, 5.74) is 7.14. The number of amides is 7. The molecule has 1 fully saturated rings. The minimum atomic E-state index is -1.57. The molecular weight excluding hydrogens is 909 g/mol. The number of carboxylic acid groups (broad SMARTS) is 3. The molecule has 0 unspecified atom stereocenters. The second-order valence-electron chi connectivity index (χ2n) is 18.4. The predicted molar refractivity (Wildman–Crippen MR) is 255 cm³/mol. The van der Waals surface area contributed by atoms with Gasteiger partial charge < -0.3 is 57.9 Å². The molecular formula is C49H70N8O13. The third kappa shape index (κ3) is 17.9. The summed E-state index contributed by atoms with van der Waals surface area (Å²) in [5, 5.41) is 44.3. The van der Waals surface area contributed by atoms with Crippen LogP contribution < -0.4 is 37.6 Å². The highest BCUT2D eigenvalue weighted by molar-refractivity contribution is 5.98. The SMILES string of the molecule is CC[C@H](C)[C@H](NC(=O)[C@@H](N)CCC(=O)O)C(=O)N[C@@H](Cc1ccccc1)C(=O)N[C@@H](Cc1ccccc1)C(=O)N[C@@H](CCC(=O)O)C(=O)N[C@H](C(=O)N[C@H](C(=O)N1CCC[C@H]1C(=O)O)C(C)C)C(C)C. The Balaban J connectivity index is 1.94. The number of likely N-dealkylation sites (tertiary alicyclic amines) is 1. The van der Waals surface area contributed by atoms with Gasteiger partial charge in [-0.3, -0.25) is 43.2 Å². The van der Waals surface area contributed by atoms with Crippen molar-refractivity contribution in [3.63, 3.8) is 0 Å². The zero-order valence-corrected chi connectivity index (χ0v) is 40.6. The standard InChI is InChI=1S/C49H70N8O13/c1-7-29(6)41(56-42(62)32(50)20-22-37(58)59)47(67)53-35(26-31-17-12-9-13-18-31)45(65)52-34(25-30-15-10-8-11-16-30)44(64)51-33(21-23-38(60)61)43(63)54-39(27(2)3)46(66)55-40(28(4)5)48(68)57-24-14-19-36(57)49(69)70/h8-13,15-18,27-29,32-36,39-41H,7,14,19-26,50H2,1-6H3,(H,51,64)(H,52,65)(H,53,67)(H,54,63)(H,55,66)(H,56,62)(H,58,59)(H,60,61)(H,69,70)/t29-,32-,33-,34-,35-,36-,39-,40-,41-/m0/s1. The zero-order chi connectivity index (χ0) is 52.2. The summed E-state index contributed by atoms with van der Waals surface area (Å²) in [4.78, 5) is 134. The Hall–Kier alpha value is -6.90. The van der Waals surface area contributed by atoms with Crippen LogP contribution in [0.25, 0.3) is 0 Å². The monoisotopic (exact) mass is 979 g/mol. The summed E-state index contributed by atoms with van der Waals surface area (Å²) < 4.78 is 0. The van der Waals surface area contributed by atoms with Gasteiger partial charge in [-0.25, -0.2) is 4.79 Å². The van der Waals surface area contributed by atoms with Gasteiger partial charge in [0.05, 0.1) is 6.04 Å². The van der Waals surface area contributed by atoms with Gasteiger partial charge in [0.1, 0.15) is 42.3 Å². The van der Waals surface area contributed by atoms with Gasteiger partial charge in [0.15, 0.2) is 0 Å². The first kappa shape index (κ1) is 57.4. The number of hydrogen-bond donors (Lipinski definition) is 10. The maximum Gasteiger partial charge on any atom is 0.326 e. The van der Waals surface area contributed by atoms with Crippen molar-refractivity contribution in [3.05, 3.63) is 71.8 Å². The molecule has 11 N–H and O–H groups in total. The molecule has 7 amide bonds. The fraction of sp³-hybridized carbons (Fsp3) is 0.551. The normalized spacial score (nSPS) is 16.8. The average molecular weight is 979 g/mol. The lowest BCUT2D eigenvalue weighted by molar-refractivity contribution is -0.150. The van der Waals surface area contributed by atoms with Gasteiger partial charge in [0.2, 0.25) is 41.4 Å². The van der Waals surface area contributed by atoms with Crippen LogP contribution in [0.2, 0.25) is 0 Å². The Kier molecular flexibility index (Phi) is 22.9. The van der Waals surface area contributed by atoms with E-state index in [-0.39, 0.29) is 38.6 Å². The molecule has 70 heavy (non-hydrogen) atoms. The largest absolute Gasteiger partial charge is 0.481 e. The first-order valence-electron chi connectivity index (χ1n) is 23.7. The highest BCUT2D eigenvalue weighted by Gasteiger charge is 2.40. The lowest BCUT2D eigenvalue weighted by Gasteiger charge is -2.32. The Labute approximate surface area is 407 Å². The fourth-order valence-electron chi connectivity index (χ4n) is 7.84. The van der Waals surface area contributed by atoms with Crippen LogP contribution in [0.1, 0.15) is 97.6 Å². The van der Waals surface area contributed by atoms with E-state index < -0.39 is 138 Å². The van der Waals surface area contributed by atoms with Gasteiger partial charge in [-0.15, -0.1) is 0 Å². The molecule has 0 bridgehead atoms. The Morgan fingerprint density at radius 1 is 0.571 bits per heavy atom. The average Bonchev–Trinajstić information content (AvgIpc) is 3.82. The number of carbonyl (C=O) groups excluding carboxylic acids is 7. The van der Waals surface area contributed by atoms with Crippen LogP contribution >= 0.6 is 0 Å². The third-order valence-corrected chi connectivity index (χ3v) is 12.2. The molecule has 21 nitrogen and oxygen atoms in total. The van der Waals surface area contributed by atoms with Crippen LogP contribution in [0.5, 0.6) is 0 Å². The summed E-state index contributed by atoms with van der Waals surface area (Å²) >= 11 is 0. The summed E-state index contributed by atoms with van der Waals surface area (Å²) in [7, 11) is 0. The molecule has 2 aromatic carbocycles. The van der Waals surface area contributed by atoms with Crippen LogP contribution in [0.15, 0.2) is 60.7 Å². The number of nitrogens with two attached hydrogens (primary N) is 1. The van der Waals surface area contributed by atoms with Crippen molar-refractivity contribution in [2.24, 2.45) is 23.5 Å².